The maximum Gasteiger partial charge on any atom is 0.305 e. The molecule has 1 saturated carbocycles. The van der Waals surface area contributed by atoms with E-state index in [1.54, 1.807) is 0 Å². The van der Waals surface area contributed by atoms with E-state index in [0.29, 0.717) is 6.61 Å². The Morgan fingerprint density at radius 2 is 2.20 bits per heavy atom. The van der Waals surface area contributed by atoms with Gasteiger partial charge in [-0.15, -0.1) is 0 Å². The molecule has 4 heteroatoms. The first-order valence-electron chi connectivity index (χ1n) is 5.70. The fourth-order valence-electron chi connectivity index (χ4n) is 2.20. The topological polar surface area (TPSA) is 58.6 Å². The summed E-state index contributed by atoms with van der Waals surface area (Å²) in [6.45, 7) is 5.64. The number of ether oxygens (including phenoxy) is 1. The average Bonchev–Trinajstić information content (AvgIpc) is 2.11. The molecule has 0 aromatic carbocycles. The van der Waals surface area contributed by atoms with Gasteiger partial charge >= 0.3 is 5.97 Å². The molecule has 0 saturated heterocycles. The van der Waals surface area contributed by atoms with E-state index >= 15 is 0 Å². The summed E-state index contributed by atoms with van der Waals surface area (Å²) >= 11 is 0. The van der Waals surface area contributed by atoms with Crippen LogP contribution in [-0.2, 0) is 9.53 Å². The number of hydrogen-bond acceptors (Lipinski definition) is 3. The van der Waals surface area contributed by atoms with Crippen molar-refractivity contribution in [3.8, 4) is 0 Å². The smallest absolute Gasteiger partial charge is 0.305 e. The van der Waals surface area contributed by atoms with Crippen LogP contribution in [-0.4, -0.2) is 35.9 Å². The molecule has 1 fully saturated rings. The molecule has 0 aromatic heterocycles. The molecule has 0 spiro atoms. The van der Waals surface area contributed by atoms with E-state index in [1.165, 1.54) is 0 Å². The molecular formula is C11H21NO3. The van der Waals surface area contributed by atoms with Crippen LogP contribution in [0.5, 0.6) is 0 Å². The van der Waals surface area contributed by atoms with E-state index in [4.69, 9.17) is 9.84 Å². The molecule has 0 radical (unpaired) electrons. The molecule has 0 amide bonds. The SMILES string of the molecule is CCCNC1(CC(=O)O)CC(OCC)C1. The van der Waals surface area contributed by atoms with Crippen LogP contribution in [0.4, 0.5) is 0 Å². The number of nitrogens with one attached hydrogen (secondary N) is 1. The van der Waals surface area contributed by atoms with Gasteiger partial charge in [0.15, 0.2) is 0 Å². The second-order valence-corrected chi connectivity index (χ2v) is 4.26. The fraction of sp³-hybridized carbons (Fsp3) is 0.909. The molecular weight excluding hydrogens is 194 g/mol. The van der Waals surface area contributed by atoms with E-state index in [0.717, 1.165) is 25.8 Å². The van der Waals surface area contributed by atoms with Gasteiger partial charge in [0.1, 0.15) is 0 Å². The van der Waals surface area contributed by atoms with Crippen molar-refractivity contribution in [3.05, 3.63) is 0 Å². The first-order valence-corrected chi connectivity index (χ1v) is 5.70. The summed E-state index contributed by atoms with van der Waals surface area (Å²) in [6, 6.07) is 0. The van der Waals surface area contributed by atoms with Crippen molar-refractivity contribution in [1.82, 2.24) is 5.32 Å². The maximum atomic E-state index is 10.8. The van der Waals surface area contributed by atoms with Gasteiger partial charge in [-0.25, -0.2) is 0 Å². The Labute approximate surface area is 91.0 Å². The Bertz CT molecular complexity index is 212. The van der Waals surface area contributed by atoms with Gasteiger partial charge in [-0.2, -0.15) is 0 Å². The van der Waals surface area contributed by atoms with Gasteiger partial charge in [0.25, 0.3) is 0 Å². The highest BCUT2D eigenvalue weighted by atomic mass is 16.5. The van der Waals surface area contributed by atoms with E-state index in [2.05, 4.69) is 12.2 Å². The molecule has 4 nitrogen and oxygen atoms in total. The van der Waals surface area contributed by atoms with Gasteiger partial charge < -0.3 is 15.2 Å². The highest BCUT2D eigenvalue weighted by molar-refractivity contribution is 5.68. The van der Waals surface area contributed by atoms with Crippen LogP contribution in [0.25, 0.3) is 0 Å². The van der Waals surface area contributed by atoms with Crippen molar-refractivity contribution in [3.63, 3.8) is 0 Å². The van der Waals surface area contributed by atoms with E-state index in [1.807, 2.05) is 6.92 Å². The fourth-order valence-corrected chi connectivity index (χ4v) is 2.20. The minimum absolute atomic E-state index is 0.205. The van der Waals surface area contributed by atoms with Crippen molar-refractivity contribution in [2.75, 3.05) is 13.2 Å². The molecule has 15 heavy (non-hydrogen) atoms. The van der Waals surface area contributed by atoms with Crippen molar-refractivity contribution in [1.29, 1.82) is 0 Å². The lowest BCUT2D eigenvalue weighted by molar-refractivity contribution is -0.142. The van der Waals surface area contributed by atoms with Crippen LogP contribution in [0.15, 0.2) is 0 Å². The minimum atomic E-state index is -0.728. The number of carbonyl (C=O) groups is 1. The van der Waals surface area contributed by atoms with Crippen LogP contribution >= 0.6 is 0 Å². The molecule has 1 aliphatic rings. The van der Waals surface area contributed by atoms with Crippen LogP contribution in [0, 0.1) is 0 Å². The summed E-state index contributed by atoms with van der Waals surface area (Å²) in [4.78, 5) is 10.8. The van der Waals surface area contributed by atoms with Gasteiger partial charge in [0.2, 0.25) is 0 Å². The molecule has 0 bridgehead atoms. The van der Waals surface area contributed by atoms with Gasteiger partial charge in [-0.05, 0) is 32.7 Å². The minimum Gasteiger partial charge on any atom is -0.481 e. The number of carboxylic acid groups (broad SMARTS) is 1. The lowest BCUT2D eigenvalue weighted by Gasteiger charge is -2.47. The first-order chi connectivity index (χ1) is 7.12. The van der Waals surface area contributed by atoms with Crippen LogP contribution in [0.2, 0.25) is 0 Å². The first kappa shape index (κ1) is 12.5. The van der Waals surface area contributed by atoms with Crippen molar-refractivity contribution >= 4 is 5.97 Å². The zero-order valence-corrected chi connectivity index (χ0v) is 9.58. The van der Waals surface area contributed by atoms with E-state index in [9.17, 15) is 4.79 Å². The molecule has 2 N–H and O–H groups in total. The number of rotatable bonds is 7. The Morgan fingerprint density at radius 3 is 2.67 bits per heavy atom. The molecule has 0 unspecified atom stereocenters. The molecule has 0 atom stereocenters. The zero-order valence-electron chi connectivity index (χ0n) is 9.58. The largest absolute Gasteiger partial charge is 0.481 e. The van der Waals surface area contributed by atoms with Crippen LogP contribution in [0.1, 0.15) is 39.5 Å². The monoisotopic (exact) mass is 215 g/mol. The third-order valence-corrected chi connectivity index (χ3v) is 2.88. The van der Waals surface area contributed by atoms with E-state index < -0.39 is 5.97 Å². The maximum absolute atomic E-state index is 10.8. The number of hydrogen-bond donors (Lipinski definition) is 2. The second kappa shape index (κ2) is 5.47. The third-order valence-electron chi connectivity index (χ3n) is 2.88. The highest BCUT2D eigenvalue weighted by Gasteiger charge is 2.45. The lowest BCUT2D eigenvalue weighted by atomic mass is 9.72. The summed E-state index contributed by atoms with van der Waals surface area (Å²) in [5, 5.41) is 12.2. The Kier molecular flexibility index (Phi) is 4.54. The lowest BCUT2D eigenvalue weighted by Crippen LogP contribution is -2.59. The van der Waals surface area contributed by atoms with Crippen molar-refractivity contribution in [2.45, 2.75) is 51.2 Å². The Balaban J connectivity index is 2.39. The van der Waals surface area contributed by atoms with Crippen LogP contribution < -0.4 is 5.32 Å². The summed E-state index contributed by atoms with van der Waals surface area (Å²) in [7, 11) is 0. The molecule has 88 valence electrons. The van der Waals surface area contributed by atoms with Gasteiger partial charge in [0.05, 0.1) is 12.5 Å². The summed E-state index contributed by atoms with van der Waals surface area (Å²) in [5.74, 6) is -0.728. The van der Waals surface area contributed by atoms with Crippen molar-refractivity contribution < 1.29 is 14.6 Å². The highest BCUT2D eigenvalue weighted by Crippen LogP contribution is 2.37. The molecule has 0 heterocycles. The van der Waals surface area contributed by atoms with Gasteiger partial charge in [-0.3, -0.25) is 4.79 Å². The molecule has 0 aromatic rings. The van der Waals surface area contributed by atoms with E-state index in [-0.39, 0.29) is 18.1 Å². The number of aliphatic carboxylic acids is 1. The predicted molar refractivity (Wildman–Crippen MR) is 57.9 cm³/mol. The average molecular weight is 215 g/mol. The van der Waals surface area contributed by atoms with Crippen LogP contribution in [0.3, 0.4) is 0 Å². The number of carboxylic acids is 1. The quantitative estimate of drug-likeness (QED) is 0.674. The summed E-state index contributed by atoms with van der Waals surface area (Å²) in [6.07, 6.45) is 3.14. The van der Waals surface area contributed by atoms with Gasteiger partial charge in [-0.1, -0.05) is 6.92 Å². The molecule has 1 rings (SSSR count). The predicted octanol–water partition coefficient (Wildman–Crippen LogP) is 1.40. The van der Waals surface area contributed by atoms with Gasteiger partial charge in [0, 0.05) is 12.1 Å². The standard InChI is InChI=1S/C11H21NO3/c1-3-5-12-11(8-10(13)14)6-9(7-11)15-4-2/h9,12H,3-8H2,1-2H3,(H,13,14). The second-order valence-electron chi connectivity index (χ2n) is 4.26. The normalized spacial score (nSPS) is 29.9. The summed E-state index contributed by atoms with van der Waals surface area (Å²) in [5.41, 5.74) is -0.207. The molecule has 1 aliphatic carbocycles. The summed E-state index contributed by atoms with van der Waals surface area (Å²) < 4.78 is 5.46. The third kappa shape index (κ3) is 3.47. The van der Waals surface area contributed by atoms with Crippen molar-refractivity contribution in [2.24, 2.45) is 0 Å². The zero-order chi connectivity index (χ0) is 11.3. The Morgan fingerprint density at radius 1 is 1.53 bits per heavy atom. The molecule has 0 aliphatic heterocycles. The Hall–Kier alpha value is -0.610.